The molecule has 2 N–H and O–H groups in total. The summed E-state index contributed by atoms with van der Waals surface area (Å²) in [5.41, 5.74) is 1.76. The number of benzene rings is 1. The molecule has 0 saturated carbocycles. The largest absolute Gasteiger partial charge is 0.363 e. The van der Waals surface area contributed by atoms with Crippen LogP contribution in [0.25, 0.3) is 0 Å². The first kappa shape index (κ1) is 13.4. The molecular formula is C12H17N3OS. The van der Waals surface area contributed by atoms with E-state index in [1.54, 1.807) is 11.9 Å². The van der Waals surface area contributed by atoms with E-state index in [9.17, 15) is 4.79 Å². The highest BCUT2D eigenvalue weighted by Gasteiger charge is 2.04. The third-order valence-electron chi connectivity index (χ3n) is 2.32. The molecule has 0 spiro atoms. The summed E-state index contributed by atoms with van der Waals surface area (Å²) in [4.78, 5) is 12.8. The maximum atomic E-state index is 11.2. The Hall–Kier alpha value is -1.62. The molecule has 0 aliphatic heterocycles. The fraction of sp³-hybridized carbons (Fsp3) is 0.333. The topological polar surface area (TPSA) is 44.4 Å². The molecule has 1 aromatic rings. The average molecular weight is 251 g/mol. The number of anilines is 2. The van der Waals surface area contributed by atoms with Gasteiger partial charge >= 0.3 is 0 Å². The predicted molar refractivity (Wildman–Crippen MR) is 75.4 cm³/mol. The van der Waals surface area contributed by atoms with Crippen LogP contribution in [0.2, 0.25) is 0 Å². The monoisotopic (exact) mass is 251 g/mol. The van der Waals surface area contributed by atoms with Gasteiger partial charge in [-0.3, -0.25) is 4.79 Å². The van der Waals surface area contributed by atoms with Gasteiger partial charge in [-0.2, -0.15) is 0 Å². The molecule has 0 aliphatic carbocycles. The van der Waals surface area contributed by atoms with Crippen molar-refractivity contribution in [3.8, 4) is 0 Å². The van der Waals surface area contributed by atoms with E-state index in [2.05, 4.69) is 10.6 Å². The number of hydrogen-bond donors (Lipinski definition) is 2. The Morgan fingerprint density at radius 2 is 1.94 bits per heavy atom. The molecule has 17 heavy (non-hydrogen) atoms. The van der Waals surface area contributed by atoms with Crippen molar-refractivity contribution >= 4 is 34.6 Å². The van der Waals surface area contributed by atoms with Gasteiger partial charge in [0.1, 0.15) is 0 Å². The highest BCUT2D eigenvalue weighted by Crippen LogP contribution is 2.16. The number of carbonyl (C=O) groups excluding carboxylic acids is 1. The number of carbonyl (C=O) groups is 1. The van der Waals surface area contributed by atoms with E-state index in [1.807, 2.05) is 31.2 Å². The first-order valence-electron chi connectivity index (χ1n) is 5.43. The third-order valence-corrected chi connectivity index (χ3v) is 2.57. The second-order valence-corrected chi connectivity index (χ2v) is 4.02. The van der Waals surface area contributed by atoms with E-state index in [0.29, 0.717) is 5.11 Å². The highest BCUT2D eigenvalue weighted by molar-refractivity contribution is 7.80. The van der Waals surface area contributed by atoms with E-state index in [1.165, 1.54) is 6.92 Å². The van der Waals surface area contributed by atoms with Gasteiger partial charge in [0, 0.05) is 31.9 Å². The fourth-order valence-electron chi connectivity index (χ4n) is 1.29. The van der Waals surface area contributed by atoms with Crippen molar-refractivity contribution in [2.45, 2.75) is 13.8 Å². The smallest absolute Gasteiger partial charge is 0.223 e. The first-order valence-corrected chi connectivity index (χ1v) is 5.84. The summed E-state index contributed by atoms with van der Waals surface area (Å²) in [5.74, 6) is 0.00822. The second-order valence-electron chi connectivity index (χ2n) is 3.61. The summed E-state index contributed by atoms with van der Waals surface area (Å²) in [6.45, 7) is 4.31. The van der Waals surface area contributed by atoms with E-state index in [4.69, 9.17) is 12.2 Å². The van der Waals surface area contributed by atoms with Crippen molar-refractivity contribution in [2.75, 3.05) is 23.8 Å². The van der Waals surface area contributed by atoms with Crippen LogP contribution in [-0.2, 0) is 4.79 Å². The molecule has 0 fully saturated rings. The maximum absolute atomic E-state index is 11.2. The Morgan fingerprint density at radius 1 is 1.35 bits per heavy atom. The summed E-state index contributed by atoms with van der Waals surface area (Å²) < 4.78 is 0. The zero-order valence-corrected chi connectivity index (χ0v) is 11.1. The van der Waals surface area contributed by atoms with Crippen molar-refractivity contribution in [1.29, 1.82) is 0 Å². The summed E-state index contributed by atoms with van der Waals surface area (Å²) in [5, 5.41) is 6.66. The van der Waals surface area contributed by atoms with Crippen LogP contribution in [0.1, 0.15) is 13.8 Å². The van der Waals surface area contributed by atoms with E-state index in [0.717, 1.165) is 17.9 Å². The zero-order chi connectivity index (χ0) is 12.8. The molecular weight excluding hydrogens is 234 g/mol. The van der Waals surface area contributed by atoms with Gasteiger partial charge in [0.15, 0.2) is 5.11 Å². The standard InChI is InChI=1S/C12H17N3OS/c1-4-13-12(17)14-10-5-7-11(8-6-10)15(3)9(2)16/h5-8H,4H2,1-3H3,(H2,13,14,17). The van der Waals surface area contributed by atoms with Gasteiger partial charge in [0.2, 0.25) is 5.91 Å². The van der Waals surface area contributed by atoms with E-state index >= 15 is 0 Å². The maximum Gasteiger partial charge on any atom is 0.223 e. The summed E-state index contributed by atoms with van der Waals surface area (Å²) in [6, 6.07) is 7.52. The third kappa shape index (κ3) is 4.03. The lowest BCUT2D eigenvalue weighted by Gasteiger charge is -2.15. The van der Waals surface area contributed by atoms with Crippen LogP contribution in [0.3, 0.4) is 0 Å². The molecule has 0 atom stereocenters. The lowest BCUT2D eigenvalue weighted by Crippen LogP contribution is -2.28. The van der Waals surface area contributed by atoms with Crippen LogP contribution in [0, 0.1) is 0 Å². The van der Waals surface area contributed by atoms with Crippen molar-refractivity contribution < 1.29 is 4.79 Å². The first-order chi connectivity index (χ1) is 8.04. The van der Waals surface area contributed by atoms with Crippen LogP contribution in [0.15, 0.2) is 24.3 Å². The predicted octanol–water partition coefficient (Wildman–Crippen LogP) is 1.98. The SMILES string of the molecule is CCNC(=S)Nc1ccc(N(C)C(C)=O)cc1. The molecule has 92 valence electrons. The molecule has 1 rings (SSSR count). The Kier molecular flexibility index (Phi) is 4.90. The molecule has 0 unspecified atom stereocenters. The molecule has 5 heteroatoms. The number of nitrogens with zero attached hydrogens (tertiary/aromatic N) is 1. The van der Waals surface area contributed by atoms with Crippen LogP contribution < -0.4 is 15.5 Å². The molecule has 0 bridgehead atoms. The Morgan fingerprint density at radius 3 is 2.41 bits per heavy atom. The number of nitrogens with one attached hydrogen (secondary N) is 2. The van der Waals surface area contributed by atoms with Crippen LogP contribution in [0.5, 0.6) is 0 Å². The highest BCUT2D eigenvalue weighted by atomic mass is 32.1. The quantitative estimate of drug-likeness (QED) is 0.806. The average Bonchev–Trinajstić information content (AvgIpc) is 2.29. The minimum absolute atomic E-state index is 0.00822. The molecule has 4 nitrogen and oxygen atoms in total. The van der Waals surface area contributed by atoms with Gasteiger partial charge in [-0.25, -0.2) is 0 Å². The van der Waals surface area contributed by atoms with Gasteiger partial charge in [0.25, 0.3) is 0 Å². The van der Waals surface area contributed by atoms with Gasteiger partial charge in [-0.15, -0.1) is 0 Å². The van der Waals surface area contributed by atoms with Crippen molar-refractivity contribution in [1.82, 2.24) is 5.32 Å². The van der Waals surface area contributed by atoms with Crippen LogP contribution >= 0.6 is 12.2 Å². The number of rotatable bonds is 3. The number of amides is 1. The Bertz CT molecular complexity index is 403. The molecule has 0 aliphatic rings. The van der Waals surface area contributed by atoms with Gasteiger partial charge in [0.05, 0.1) is 0 Å². The molecule has 1 amide bonds. The van der Waals surface area contributed by atoms with E-state index in [-0.39, 0.29) is 5.91 Å². The van der Waals surface area contributed by atoms with Gasteiger partial charge in [-0.05, 0) is 43.4 Å². The second kappa shape index (κ2) is 6.20. The lowest BCUT2D eigenvalue weighted by molar-refractivity contribution is -0.116. The van der Waals surface area contributed by atoms with Crippen LogP contribution in [0.4, 0.5) is 11.4 Å². The molecule has 0 aromatic heterocycles. The molecule has 0 heterocycles. The number of hydrogen-bond acceptors (Lipinski definition) is 2. The molecule has 0 saturated heterocycles. The van der Waals surface area contributed by atoms with Crippen molar-refractivity contribution in [3.63, 3.8) is 0 Å². The van der Waals surface area contributed by atoms with Gasteiger partial charge < -0.3 is 15.5 Å². The number of thiocarbonyl (C=S) groups is 1. The summed E-state index contributed by atoms with van der Waals surface area (Å²) in [7, 11) is 1.74. The summed E-state index contributed by atoms with van der Waals surface area (Å²) >= 11 is 5.07. The minimum Gasteiger partial charge on any atom is -0.363 e. The molecule has 1 aromatic carbocycles. The Labute approximate surface area is 107 Å². The lowest BCUT2D eigenvalue weighted by atomic mass is 10.2. The van der Waals surface area contributed by atoms with E-state index < -0.39 is 0 Å². The van der Waals surface area contributed by atoms with Crippen molar-refractivity contribution in [2.24, 2.45) is 0 Å². The zero-order valence-electron chi connectivity index (χ0n) is 10.3. The van der Waals surface area contributed by atoms with Gasteiger partial charge in [-0.1, -0.05) is 0 Å². The van der Waals surface area contributed by atoms with Crippen LogP contribution in [-0.4, -0.2) is 24.6 Å². The minimum atomic E-state index is 0.00822. The Balaban J connectivity index is 2.68. The molecule has 0 radical (unpaired) electrons. The summed E-state index contributed by atoms with van der Waals surface area (Å²) in [6.07, 6.45) is 0. The fourth-order valence-corrected chi connectivity index (χ4v) is 1.55. The normalized spacial score (nSPS) is 9.59. The van der Waals surface area contributed by atoms with Crippen molar-refractivity contribution in [3.05, 3.63) is 24.3 Å².